The maximum atomic E-state index is 11.4. The molecule has 0 bridgehead atoms. The van der Waals surface area contributed by atoms with Gasteiger partial charge in [-0.25, -0.2) is 9.59 Å². The Labute approximate surface area is 178 Å². The molecule has 0 amide bonds. The number of aromatic amines is 1. The number of benzene rings is 2. The summed E-state index contributed by atoms with van der Waals surface area (Å²) in [6, 6.07) is 17.3. The molecule has 9 nitrogen and oxygen atoms in total. The Hall–Kier alpha value is -3.69. The molecular weight excluding hydrogens is 402 g/mol. The first kappa shape index (κ1) is 23.6. The lowest BCUT2D eigenvalue weighted by Crippen LogP contribution is -2.44. The highest BCUT2D eigenvalue weighted by atomic mass is 16.4. The number of aromatic nitrogens is 1. The number of hydrogen-bond donors (Lipinski definition) is 6. The zero-order chi connectivity index (χ0) is 23.0. The van der Waals surface area contributed by atoms with E-state index in [1.165, 1.54) is 5.56 Å². The molecule has 164 valence electrons. The molecule has 0 saturated carbocycles. The van der Waals surface area contributed by atoms with E-state index in [1.807, 2.05) is 37.3 Å². The molecule has 7 N–H and O–H groups in total. The van der Waals surface area contributed by atoms with Crippen LogP contribution in [0.5, 0.6) is 0 Å². The first-order valence-corrected chi connectivity index (χ1v) is 9.43. The topological polar surface area (TPSA) is 169 Å². The number of oxime groups is 1. The summed E-state index contributed by atoms with van der Waals surface area (Å²) >= 11 is 0. The molecule has 2 aromatic carbocycles. The van der Waals surface area contributed by atoms with Crippen LogP contribution >= 0.6 is 0 Å². The first-order valence-electron chi connectivity index (χ1n) is 9.43. The molecule has 0 aliphatic carbocycles. The van der Waals surface area contributed by atoms with Crippen LogP contribution < -0.4 is 5.73 Å². The number of nitrogens with one attached hydrogen (secondary N) is 1. The van der Waals surface area contributed by atoms with Gasteiger partial charge in [0.2, 0.25) is 0 Å². The van der Waals surface area contributed by atoms with E-state index >= 15 is 0 Å². The quantitative estimate of drug-likeness (QED) is 0.191. The van der Waals surface area contributed by atoms with Gasteiger partial charge in [0.05, 0.1) is 0 Å². The largest absolute Gasteiger partial charge is 0.479 e. The van der Waals surface area contributed by atoms with Crippen LogP contribution in [-0.2, 0) is 16.0 Å². The summed E-state index contributed by atoms with van der Waals surface area (Å²) in [5, 5.41) is 40.2. The van der Waals surface area contributed by atoms with Gasteiger partial charge in [0, 0.05) is 36.0 Å². The summed E-state index contributed by atoms with van der Waals surface area (Å²) in [6.45, 7) is 1.98. The molecule has 3 rings (SSSR count). The van der Waals surface area contributed by atoms with E-state index < -0.39 is 29.7 Å². The smallest absolute Gasteiger partial charge is 0.353 e. The highest BCUT2D eigenvalue weighted by molar-refractivity contribution is 6.36. The predicted octanol–water partition coefficient (Wildman–Crippen LogP) is 2.54. The van der Waals surface area contributed by atoms with Crippen molar-refractivity contribution in [2.45, 2.75) is 31.4 Å². The summed E-state index contributed by atoms with van der Waals surface area (Å²) in [5.74, 6) is -3.19. The number of aliphatic hydroxyl groups is 1. The standard InChI is InChI=1S/C14H14N2O6.C8H11N/c17-12(18)11(16-22)6-14(21,13(19)20)5-8-7-15-10-4-2-1-3-9(8)10;1-7(9)8-5-3-2-4-6-8/h1-4,7,15,21-22H,5-6H2,(H,17,18)(H,19,20);2-7H,9H2,1H3/b16-11+;/t14-;7-/m01/s1. The zero-order valence-corrected chi connectivity index (χ0v) is 16.9. The minimum Gasteiger partial charge on any atom is -0.479 e. The van der Waals surface area contributed by atoms with Crippen molar-refractivity contribution in [2.75, 3.05) is 0 Å². The van der Waals surface area contributed by atoms with Gasteiger partial charge in [-0.3, -0.25) is 0 Å². The van der Waals surface area contributed by atoms with Crippen molar-refractivity contribution in [3.63, 3.8) is 0 Å². The third-order valence-electron chi connectivity index (χ3n) is 4.71. The Kier molecular flexibility index (Phi) is 7.89. The normalized spacial score (nSPS) is 14.2. The van der Waals surface area contributed by atoms with Gasteiger partial charge in [0.1, 0.15) is 0 Å². The van der Waals surface area contributed by atoms with Gasteiger partial charge in [0.25, 0.3) is 0 Å². The fourth-order valence-electron chi connectivity index (χ4n) is 2.99. The summed E-state index contributed by atoms with van der Waals surface area (Å²) in [7, 11) is 0. The minimum absolute atomic E-state index is 0.159. The van der Waals surface area contributed by atoms with Gasteiger partial charge >= 0.3 is 11.9 Å². The molecule has 0 aliphatic heterocycles. The Balaban J connectivity index is 0.000000316. The van der Waals surface area contributed by atoms with Crippen molar-refractivity contribution in [1.82, 2.24) is 4.98 Å². The molecule has 2 atom stereocenters. The van der Waals surface area contributed by atoms with E-state index in [4.69, 9.17) is 16.0 Å². The van der Waals surface area contributed by atoms with Crippen LogP contribution in [0.15, 0.2) is 65.9 Å². The molecule has 3 aromatic rings. The summed E-state index contributed by atoms with van der Waals surface area (Å²) in [6.07, 6.45) is 0.390. The van der Waals surface area contributed by atoms with Gasteiger partial charge in [-0.2, -0.15) is 0 Å². The lowest BCUT2D eigenvalue weighted by Gasteiger charge is -2.22. The fourth-order valence-corrected chi connectivity index (χ4v) is 2.99. The zero-order valence-electron chi connectivity index (χ0n) is 16.9. The lowest BCUT2D eigenvalue weighted by molar-refractivity contribution is -0.157. The first-order chi connectivity index (χ1) is 14.7. The highest BCUT2D eigenvalue weighted by Crippen LogP contribution is 2.25. The second-order valence-electron chi connectivity index (χ2n) is 7.10. The Bertz CT molecular complexity index is 1060. The van der Waals surface area contributed by atoms with Crippen molar-refractivity contribution >= 4 is 28.6 Å². The van der Waals surface area contributed by atoms with Crippen LogP contribution in [0.25, 0.3) is 10.9 Å². The van der Waals surface area contributed by atoms with Crippen LogP contribution in [0.3, 0.4) is 0 Å². The minimum atomic E-state index is -2.40. The van der Waals surface area contributed by atoms with Crippen molar-refractivity contribution < 1.29 is 30.1 Å². The third kappa shape index (κ3) is 6.14. The number of hydrogen-bond acceptors (Lipinski definition) is 6. The molecule has 9 heteroatoms. The molecule has 0 radical (unpaired) electrons. The molecule has 0 saturated heterocycles. The van der Waals surface area contributed by atoms with E-state index in [0.29, 0.717) is 5.56 Å². The average molecular weight is 427 g/mol. The number of nitrogens with two attached hydrogens (primary N) is 1. The molecule has 1 heterocycles. The van der Waals surface area contributed by atoms with Crippen LogP contribution in [0.4, 0.5) is 0 Å². The number of para-hydroxylation sites is 1. The maximum Gasteiger partial charge on any atom is 0.353 e. The van der Waals surface area contributed by atoms with Crippen molar-refractivity contribution in [3.8, 4) is 0 Å². The second kappa shape index (κ2) is 10.4. The van der Waals surface area contributed by atoms with Crippen LogP contribution in [0.2, 0.25) is 0 Å². The number of carbonyl (C=O) groups is 2. The van der Waals surface area contributed by atoms with Crippen LogP contribution in [-0.4, -0.2) is 48.8 Å². The van der Waals surface area contributed by atoms with E-state index in [2.05, 4.69) is 10.1 Å². The molecule has 0 unspecified atom stereocenters. The average Bonchev–Trinajstić information content (AvgIpc) is 3.15. The number of fused-ring (bicyclic) bond motifs is 1. The number of carboxylic acid groups (broad SMARTS) is 2. The van der Waals surface area contributed by atoms with Gasteiger partial charge in [-0.1, -0.05) is 53.7 Å². The van der Waals surface area contributed by atoms with E-state index in [9.17, 15) is 19.8 Å². The maximum absolute atomic E-state index is 11.4. The summed E-state index contributed by atoms with van der Waals surface area (Å²) in [4.78, 5) is 25.2. The number of carboxylic acids is 2. The number of rotatable bonds is 7. The summed E-state index contributed by atoms with van der Waals surface area (Å²) < 4.78 is 0. The van der Waals surface area contributed by atoms with Crippen LogP contribution in [0.1, 0.15) is 30.5 Å². The van der Waals surface area contributed by atoms with Gasteiger partial charge < -0.3 is 31.2 Å². The number of aliphatic carboxylic acids is 2. The molecular formula is C22H25N3O6. The van der Waals surface area contributed by atoms with Crippen molar-refractivity contribution in [2.24, 2.45) is 10.9 Å². The number of H-pyrrole nitrogens is 1. The molecule has 31 heavy (non-hydrogen) atoms. The summed E-state index contributed by atoms with van der Waals surface area (Å²) in [5.41, 5.74) is 4.86. The molecule has 1 aromatic heterocycles. The number of nitrogens with zero attached hydrogens (tertiary/aromatic N) is 1. The second-order valence-corrected chi connectivity index (χ2v) is 7.10. The van der Waals surface area contributed by atoms with E-state index in [1.54, 1.807) is 30.5 Å². The van der Waals surface area contributed by atoms with E-state index in [0.717, 1.165) is 10.9 Å². The molecule has 0 spiro atoms. The van der Waals surface area contributed by atoms with Gasteiger partial charge in [-0.15, -0.1) is 0 Å². The van der Waals surface area contributed by atoms with Crippen molar-refractivity contribution in [3.05, 3.63) is 71.9 Å². The Morgan fingerprint density at radius 3 is 2.23 bits per heavy atom. The van der Waals surface area contributed by atoms with Crippen LogP contribution in [0, 0.1) is 0 Å². The third-order valence-corrected chi connectivity index (χ3v) is 4.71. The predicted molar refractivity (Wildman–Crippen MR) is 115 cm³/mol. The SMILES string of the molecule is C[C@@H](N)c1ccccc1.O=C(O)/C(C[C@@](O)(Cc1c[nH]c2ccccc12)C(=O)O)=N/O. The van der Waals surface area contributed by atoms with Gasteiger partial charge in [-0.05, 0) is 24.1 Å². The Morgan fingerprint density at radius 1 is 1.10 bits per heavy atom. The fraction of sp³-hybridized carbons (Fsp3) is 0.227. The monoisotopic (exact) mass is 427 g/mol. The highest BCUT2D eigenvalue weighted by Gasteiger charge is 2.40. The van der Waals surface area contributed by atoms with Crippen molar-refractivity contribution in [1.29, 1.82) is 0 Å². The molecule has 0 fully saturated rings. The van der Waals surface area contributed by atoms with Gasteiger partial charge in [0.15, 0.2) is 11.3 Å². The Morgan fingerprint density at radius 2 is 1.71 bits per heavy atom. The molecule has 0 aliphatic rings. The van der Waals surface area contributed by atoms with E-state index in [-0.39, 0.29) is 12.5 Å². The lowest BCUT2D eigenvalue weighted by atomic mass is 9.89.